The van der Waals surface area contributed by atoms with Gasteiger partial charge in [0.1, 0.15) is 5.70 Å². The second-order valence-electron chi connectivity index (χ2n) is 3.24. The molecule has 0 aliphatic heterocycles. The van der Waals surface area contributed by atoms with Crippen molar-refractivity contribution < 1.29 is 9.53 Å². The fraction of sp³-hybridized carbons (Fsp3) is 0.308. The average Bonchev–Trinajstić information content (AvgIpc) is 2.33. The first-order valence-corrected chi connectivity index (χ1v) is 5.19. The van der Waals surface area contributed by atoms with Gasteiger partial charge in [-0.1, -0.05) is 19.2 Å². The van der Waals surface area contributed by atoms with Crippen molar-refractivity contribution in [2.24, 2.45) is 10.7 Å². The van der Waals surface area contributed by atoms with Crippen LogP contribution in [0.2, 0.25) is 0 Å². The van der Waals surface area contributed by atoms with E-state index in [1.165, 1.54) is 0 Å². The smallest absolute Gasteiger partial charge is 0.359 e. The van der Waals surface area contributed by atoms with Crippen molar-refractivity contribution in [1.29, 1.82) is 0 Å². The second-order valence-corrected chi connectivity index (χ2v) is 3.24. The van der Waals surface area contributed by atoms with E-state index in [1.807, 2.05) is 6.92 Å². The predicted octanol–water partition coefficient (Wildman–Crippen LogP) is 2.10. The highest BCUT2D eigenvalue weighted by atomic mass is 16.5. The molecule has 0 heterocycles. The molecule has 0 aromatic heterocycles. The first-order valence-electron chi connectivity index (χ1n) is 5.19. The molecule has 4 nitrogen and oxygen atoms in total. The van der Waals surface area contributed by atoms with E-state index >= 15 is 0 Å². The minimum atomic E-state index is -0.586. The first-order chi connectivity index (χ1) is 7.97. The zero-order valence-electron chi connectivity index (χ0n) is 10.5. The first kappa shape index (κ1) is 14.9. The molecule has 4 heteroatoms. The normalized spacial score (nSPS) is 12.3. The van der Waals surface area contributed by atoms with E-state index in [0.717, 1.165) is 5.57 Å². The molecule has 0 amide bonds. The van der Waals surface area contributed by atoms with Crippen LogP contribution in [0.3, 0.4) is 0 Å². The third kappa shape index (κ3) is 4.53. The molecule has 0 atom stereocenters. The quantitative estimate of drug-likeness (QED) is 0.343. The number of carbonyl (C=O) groups is 1. The molecular formula is C13H18N2O2. The van der Waals surface area contributed by atoms with Gasteiger partial charge in [-0.05, 0) is 26.3 Å². The number of hydrogen-bond acceptors (Lipinski definition) is 4. The fourth-order valence-electron chi connectivity index (χ4n) is 0.903. The largest absolute Gasteiger partial charge is 0.461 e. The minimum Gasteiger partial charge on any atom is -0.461 e. The number of esters is 1. The highest BCUT2D eigenvalue weighted by Crippen LogP contribution is 2.08. The maximum atomic E-state index is 11.6. The number of nitrogens with two attached hydrogens (primary N) is 1. The lowest BCUT2D eigenvalue weighted by Gasteiger charge is -2.05. The van der Waals surface area contributed by atoms with Gasteiger partial charge < -0.3 is 10.5 Å². The van der Waals surface area contributed by atoms with Crippen LogP contribution >= 0.6 is 0 Å². The Labute approximate surface area is 102 Å². The Morgan fingerprint density at radius 1 is 1.53 bits per heavy atom. The van der Waals surface area contributed by atoms with Crippen LogP contribution in [0, 0.1) is 0 Å². The van der Waals surface area contributed by atoms with Gasteiger partial charge >= 0.3 is 5.97 Å². The van der Waals surface area contributed by atoms with Gasteiger partial charge in [0.2, 0.25) is 0 Å². The van der Waals surface area contributed by atoms with Gasteiger partial charge in [-0.25, -0.2) is 9.79 Å². The van der Waals surface area contributed by atoms with Crippen LogP contribution < -0.4 is 5.73 Å². The molecule has 0 bridgehead atoms. The zero-order valence-corrected chi connectivity index (χ0v) is 10.5. The highest BCUT2D eigenvalue weighted by Gasteiger charge is 2.15. The van der Waals surface area contributed by atoms with Gasteiger partial charge in [0, 0.05) is 5.70 Å². The lowest BCUT2D eigenvalue weighted by molar-refractivity contribution is -0.134. The summed E-state index contributed by atoms with van der Waals surface area (Å²) >= 11 is 0. The van der Waals surface area contributed by atoms with E-state index in [1.54, 1.807) is 19.9 Å². The summed E-state index contributed by atoms with van der Waals surface area (Å²) in [5.41, 5.74) is 9.61. The SMILES string of the molecule is C=C=C(N)/C(=N\C(C)=C(/C)C=C)C(=O)OCC. The molecule has 0 spiro atoms. The Balaban J connectivity index is 5.49. The number of ether oxygens (including phenoxy) is 1. The summed E-state index contributed by atoms with van der Waals surface area (Å²) in [6.07, 6.45) is 1.65. The van der Waals surface area contributed by atoms with Gasteiger partial charge in [0.15, 0.2) is 5.71 Å². The summed E-state index contributed by atoms with van der Waals surface area (Å²) in [5, 5.41) is 0. The van der Waals surface area contributed by atoms with E-state index in [9.17, 15) is 4.79 Å². The summed E-state index contributed by atoms with van der Waals surface area (Å²) in [5.74, 6) is -0.586. The molecule has 0 aromatic rings. The lowest BCUT2D eigenvalue weighted by atomic mass is 10.2. The van der Waals surface area contributed by atoms with Gasteiger partial charge in [-0.2, -0.15) is 0 Å². The van der Waals surface area contributed by atoms with Gasteiger partial charge in [0.25, 0.3) is 0 Å². The molecule has 0 rings (SSSR count). The van der Waals surface area contributed by atoms with E-state index in [2.05, 4.69) is 23.9 Å². The molecule has 0 saturated carbocycles. The molecule has 0 aliphatic rings. The van der Waals surface area contributed by atoms with Crippen LogP contribution in [-0.4, -0.2) is 18.3 Å². The summed E-state index contributed by atoms with van der Waals surface area (Å²) in [6.45, 7) is 12.6. The van der Waals surface area contributed by atoms with Crippen LogP contribution in [0.25, 0.3) is 0 Å². The molecule has 0 radical (unpaired) electrons. The monoisotopic (exact) mass is 234 g/mol. The number of hydrogen-bond donors (Lipinski definition) is 1. The van der Waals surface area contributed by atoms with E-state index in [-0.39, 0.29) is 18.0 Å². The van der Waals surface area contributed by atoms with E-state index < -0.39 is 5.97 Å². The Morgan fingerprint density at radius 3 is 2.53 bits per heavy atom. The number of aliphatic imine (C=N–C) groups is 1. The molecular weight excluding hydrogens is 216 g/mol. The summed E-state index contributed by atoms with van der Waals surface area (Å²) in [6, 6.07) is 0. The molecule has 17 heavy (non-hydrogen) atoms. The number of nitrogens with zero attached hydrogens (tertiary/aromatic N) is 1. The molecule has 2 N–H and O–H groups in total. The van der Waals surface area contributed by atoms with Crippen molar-refractivity contribution in [2.75, 3.05) is 6.61 Å². The number of rotatable bonds is 5. The Bertz CT molecular complexity index is 425. The van der Waals surface area contributed by atoms with Crippen molar-refractivity contribution in [1.82, 2.24) is 0 Å². The highest BCUT2D eigenvalue weighted by molar-refractivity contribution is 6.43. The van der Waals surface area contributed by atoms with Crippen LogP contribution in [0.15, 0.2) is 46.9 Å². The number of allylic oxidation sites excluding steroid dienone is 3. The Hall–Kier alpha value is -2.06. The molecule has 0 aromatic carbocycles. The number of carbonyl (C=O) groups excluding carboxylic acids is 1. The molecule has 0 aliphatic carbocycles. The van der Waals surface area contributed by atoms with Crippen LogP contribution in [0.4, 0.5) is 0 Å². The molecule has 0 unspecified atom stereocenters. The van der Waals surface area contributed by atoms with Crippen LogP contribution in [0.5, 0.6) is 0 Å². The van der Waals surface area contributed by atoms with Gasteiger partial charge in [-0.3, -0.25) is 0 Å². The lowest BCUT2D eigenvalue weighted by Crippen LogP contribution is -2.23. The maximum absolute atomic E-state index is 11.6. The maximum Gasteiger partial charge on any atom is 0.359 e. The van der Waals surface area contributed by atoms with Crippen molar-refractivity contribution in [3.63, 3.8) is 0 Å². The minimum absolute atomic E-state index is 0.0144. The Morgan fingerprint density at radius 2 is 2.12 bits per heavy atom. The molecule has 0 saturated heterocycles. The average molecular weight is 234 g/mol. The standard InChI is InChI=1S/C13H18N2O2/c1-6-9(4)10(5)15-12(11(14)7-2)13(16)17-8-3/h6H,1-2,8,14H2,3-5H3/b10-9+,15-12+. The fourth-order valence-corrected chi connectivity index (χ4v) is 0.903. The van der Waals surface area contributed by atoms with Crippen LogP contribution in [-0.2, 0) is 9.53 Å². The van der Waals surface area contributed by atoms with Crippen molar-refractivity contribution in [2.45, 2.75) is 20.8 Å². The second kappa shape index (κ2) is 7.25. The third-order valence-electron chi connectivity index (χ3n) is 2.07. The predicted molar refractivity (Wildman–Crippen MR) is 69.5 cm³/mol. The molecule has 92 valence electrons. The van der Waals surface area contributed by atoms with Crippen molar-refractivity contribution >= 4 is 11.7 Å². The topological polar surface area (TPSA) is 64.7 Å². The van der Waals surface area contributed by atoms with Gasteiger partial charge in [0.05, 0.1) is 6.61 Å². The van der Waals surface area contributed by atoms with Gasteiger partial charge in [-0.15, -0.1) is 5.73 Å². The zero-order chi connectivity index (χ0) is 13.4. The van der Waals surface area contributed by atoms with Crippen LogP contribution in [0.1, 0.15) is 20.8 Å². The van der Waals surface area contributed by atoms with E-state index in [4.69, 9.17) is 10.5 Å². The third-order valence-corrected chi connectivity index (χ3v) is 2.07. The summed E-state index contributed by atoms with van der Waals surface area (Å²) in [7, 11) is 0. The summed E-state index contributed by atoms with van der Waals surface area (Å²) in [4.78, 5) is 15.7. The molecule has 0 fully saturated rings. The Kier molecular flexibility index (Phi) is 6.37. The van der Waals surface area contributed by atoms with E-state index in [0.29, 0.717) is 5.70 Å². The van der Waals surface area contributed by atoms with Crippen molar-refractivity contribution in [3.05, 3.63) is 41.9 Å². The summed E-state index contributed by atoms with van der Waals surface area (Å²) < 4.78 is 4.85. The van der Waals surface area contributed by atoms with Crippen molar-refractivity contribution in [3.8, 4) is 0 Å².